The predicted molar refractivity (Wildman–Crippen MR) is 68.3 cm³/mol. The average Bonchev–Trinajstić information content (AvgIpc) is 2.51. The highest BCUT2D eigenvalue weighted by Crippen LogP contribution is 2.59. The van der Waals surface area contributed by atoms with Crippen molar-refractivity contribution in [1.29, 1.82) is 5.26 Å². The molecule has 0 spiro atoms. The zero-order valence-corrected chi connectivity index (χ0v) is 11.9. The molecule has 0 amide bonds. The first-order valence-electron chi connectivity index (χ1n) is 5.99. The molecule has 1 atom stereocenters. The molecule has 0 N–H and O–H groups in total. The molecule has 1 aromatic rings. The third kappa shape index (κ3) is 1.50. The van der Waals surface area contributed by atoms with Crippen LogP contribution >= 0.6 is 0 Å². The zero-order chi connectivity index (χ0) is 14.9. The van der Waals surface area contributed by atoms with Crippen molar-refractivity contribution in [1.82, 2.24) is 0 Å². The maximum atomic E-state index is 9.66. The van der Waals surface area contributed by atoms with Crippen LogP contribution in [0, 0.1) is 11.3 Å². The summed E-state index contributed by atoms with van der Waals surface area (Å²) in [5.74, 6) is -3.15. The van der Waals surface area contributed by atoms with Gasteiger partial charge in [0.05, 0.1) is 0 Å². The zero-order valence-electron chi connectivity index (χ0n) is 11.9. The third-order valence-corrected chi connectivity index (χ3v) is 3.60. The fourth-order valence-corrected chi connectivity index (χ4v) is 2.64. The van der Waals surface area contributed by atoms with Crippen LogP contribution in [0.2, 0.25) is 0 Å². The van der Waals surface area contributed by atoms with Crippen molar-refractivity contribution in [2.24, 2.45) is 0 Å². The monoisotopic (exact) mass is 279 g/mol. The Bertz CT molecular complexity index is 504. The van der Waals surface area contributed by atoms with Gasteiger partial charge < -0.3 is 18.9 Å². The molecule has 1 fully saturated rings. The Morgan fingerprint density at radius 1 is 0.950 bits per heavy atom. The summed E-state index contributed by atoms with van der Waals surface area (Å²) in [6.45, 7) is 0. The lowest BCUT2D eigenvalue weighted by Gasteiger charge is -2.61. The molecule has 1 aromatic carbocycles. The summed E-state index contributed by atoms with van der Waals surface area (Å²) in [5.41, 5.74) is -0.889. The predicted octanol–water partition coefficient (Wildman–Crippen LogP) is 1.37. The highest BCUT2D eigenvalue weighted by Gasteiger charge is 2.83. The highest BCUT2D eigenvalue weighted by atomic mass is 17.0. The van der Waals surface area contributed by atoms with Crippen molar-refractivity contribution < 1.29 is 23.7 Å². The van der Waals surface area contributed by atoms with Gasteiger partial charge in [0.25, 0.3) is 0 Å². The summed E-state index contributed by atoms with van der Waals surface area (Å²) in [6.07, 6.45) is 0. The Morgan fingerprint density at radius 2 is 1.50 bits per heavy atom. The van der Waals surface area contributed by atoms with Crippen LogP contribution in [0.1, 0.15) is 5.56 Å². The second-order valence-corrected chi connectivity index (χ2v) is 4.25. The minimum absolute atomic E-state index is 0.593. The SMILES string of the molecule is COC1(OC)OC(C#N)(c2ccccc2)C1(OC)OC. The van der Waals surface area contributed by atoms with Crippen molar-refractivity contribution in [2.45, 2.75) is 17.4 Å². The maximum Gasteiger partial charge on any atom is 0.346 e. The van der Waals surface area contributed by atoms with Gasteiger partial charge in [0.1, 0.15) is 6.07 Å². The Hall–Kier alpha value is -1.49. The lowest BCUT2D eigenvalue weighted by Crippen LogP contribution is -2.82. The van der Waals surface area contributed by atoms with Crippen LogP contribution in [0.4, 0.5) is 0 Å². The molecule has 0 aromatic heterocycles. The second kappa shape index (κ2) is 5.13. The normalized spacial score (nSPS) is 26.6. The lowest BCUT2D eigenvalue weighted by atomic mass is 9.78. The topological polar surface area (TPSA) is 69.9 Å². The van der Waals surface area contributed by atoms with Crippen LogP contribution in [0.25, 0.3) is 0 Å². The van der Waals surface area contributed by atoms with Gasteiger partial charge in [-0.05, 0) is 0 Å². The van der Waals surface area contributed by atoms with Crippen molar-refractivity contribution in [3.63, 3.8) is 0 Å². The summed E-state index contributed by atoms with van der Waals surface area (Å²) < 4.78 is 27.1. The van der Waals surface area contributed by atoms with E-state index in [4.69, 9.17) is 23.7 Å². The van der Waals surface area contributed by atoms with Crippen LogP contribution in [0.5, 0.6) is 0 Å². The van der Waals surface area contributed by atoms with Gasteiger partial charge >= 0.3 is 11.8 Å². The van der Waals surface area contributed by atoms with Gasteiger partial charge in [0.15, 0.2) is 0 Å². The molecular weight excluding hydrogens is 262 g/mol. The number of methoxy groups -OCH3 is 4. The lowest BCUT2D eigenvalue weighted by molar-refractivity contribution is -0.607. The molecule has 1 saturated heterocycles. The van der Waals surface area contributed by atoms with Crippen LogP contribution in [0.3, 0.4) is 0 Å². The van der Waals surface area contributed by atoms with E-state index in [0.29, 0.717) is 5.56 Å². The molecule has 1 aliphatic rings. The highest BCUT2D eigenvalue weighted by molar-refractivity contribution is 5.38. The molecule has 2 rings (SSSR count). The molecule has 20 heavy (non-hydrogen) atoms. The van der Waals surface area contributed by atoms with E-state index in [1.165, 1.54) is 28.4 Å². The molecule has 0 bridgehead atoms. The first-order valence-corrected chi connectivity index (χ1v) is 5.99. The van der Waals surface area contributed by atoms with Crippen molar-refractivity contribution in [2.75, 3.05) is 28.4 Å². The summed E-state index contributed by atoms with van der Waals surface area (Å²) in [7, 11) is 5.60. The molecule has 6 nitrogen and oxygen atoms in total. The molecule has 1 unspecified atom stereocenters. The fourth-order valence-electron chi connectivity index (χ4n) is 2.64. The van der Waals surface area contributed by atoms with E-state index < -0.39 is 17.4 Å². The van der Waals surface area contributed by atoms with Crippen LogP contribution in [-0.2, 0) is 29.3 Å². The molecule has 1 aliphatic heterocycles. The molecule has 1 heterocycles. The van der Waals surface area contributed by atoms with Gasteiger partial charge in [-0.2, -0.15) is 5.26 Å². The summed E-state index contributed by atoms with van der Waals surface area (Å²) in [6, 6.07) is 11.1. The van der Waals surface area contributed by atoms with Gasteiger partial charge in [-0.15, -0.1) is 0 Å². The van der Waals surface area contributed by atoms with Crippen molar-refractivity contribution in [3.05, 3.63) is 35.9 Å². The molecule has 0 aliphatic carbocycles. The molecule has 0 radical (unpaired) electrons. The quantitative estimate of drug-likeness (QED) is 0.758. The summed E-state index contributed by atoms with van der Waals surface area (Å²) >= 11 is 0. The summed E-state index contributed by atoms with van der Waals surface area (Å²) in [5, 5.41) is 9.66. The smallest absolute Gasteiger partial charge is 0.343 e. The minimum Gasteiger partial charge on any atom is -0.343 e. The van der Waals surface area contributed by atoms with Crippen LogP contribution in [-0.4, -0.2) is 40.2 Å². The third-order valence-electron chi connectivity index (χ3n) is 3.60. The number of benzene rings is 1. The second-order valence-electron chi connectivity index (χ2n) is 4.25. The van der Waals surface area contributed by atoms with Crippen LogP contribution < -0.4 is 0 Å². The van der Waals surface area contributed by atoms with E-state index >= 15 is 0 Å². The standard InChI is InChI=1S/C14H17NO5/c1-16-13(17-2)12(10-15,11-8-6-5-7-9-11)20-14(13,18-3)19-4/h5-9H,1-4H3. The van der Waals surface area contributed by atoms with Crippen molar-refractivity contribution >= 4 is 0 Å². The number of nitrogens with zero attached hydrogens (tertiary/aromatic N) is 1. The number of rotatable bonds is 5. The Labute approximate surface area is 117 Å². The fraction of sp³-hybridized carbons (Fsp3) is 0.500. The van der Waals surface area contributed by atoms with Gasteiger partial charge in [0, 0.05) is 34.0 Å². The Kier molecular flexibility index (Phi) is 3.82. The van der Waals surface area contributed by atoms with E-state index in [-0.39, 0.29) is 0 Å². The maximum absolute atomic E-state index is 9.66. The van der Waals surface area contributed by atoms with Gasteiger partial charge in [0.2, 0.25) is 5.60 Å². The number of hydrogen-bond donors (Lipinski definition) is 0. The minimum atomic E-state index is -1.61. The van der Waals surface area contributed by atoms with Gasteiger partial charge in [-0.1, -0.05) is 30.3 Å². The van der Waals surface area contributed by atoms with E-state index in [9.17, 15) is 5.26 Å². The largest absolute Gasteiger partial charge is 0.346 e. The molecule has 108 valence electrons. The van der Waals surface area contributed by atoms with E-state index in [0.717, 1.165) is 0 Å². The van der Waals surface area contributed by atoms with Crippen LogP contribution in [0.15, 0.2) is 30.3 Å². The Balaban J connectivity index is 2.60. The molecule has 6 heteroatoms. The van der Waals surface area contributed by atoms with Gasteiger partial charge in [-0.3, -0.25) is 4.74 Å². The van der Waals surface area contributed by atoms with Gasteiger partial charge in [-0.25, -0.2) is 0 Å². The number of hydrogen-bond acceptors (Lipinski definition) is 6. The molecular formula is C14H17NO5. The first-order chi connectivity index (χ1) is 9.62. The van der Waals surface area contributed by atoms with E-state index in [1.54, 1.807) is 24.3 Å². The number of ether oxygens (including phenoxy) is 5. The number of nitriles is 1. The summed E-state index contributed by atoms with van der Waals surface area (Å²) in [4.78, 5) is 0. The van der Waals surface area contributed by atoms with E-state index in [2.05, 4.69) is 6.07 Å². The Morgan fingerprint density at radius 3 is 1.90 bits per heavy atom. The van der Waals surface area contributed by atoms with Crippen molar-refractivity contribution in [3.8, 4) is 6.07 Å². The first kappa shape index (κ1) is 14.9. The van der Waals surface area contributed by atoms with E-state index in [1.807, 2.05) is 6.07 Å². The average molecular weight is 279 g/mol. The molecule has 0 saturated carbocycles.